The minimum Gasteiger partial charge on any atom is -0.338 e. The lowest BCUT2D eigenvalue weighted by Crippen LogP contribution is -2.59. The standard InChI is InChI=1S/C26H39FN8O3.ClH/c1-26(2,29)23(36)33-11-13-34(14-12-33)24(37)31-22-9-10-35(25(38)32-22)20-8-3-17(21(27)15-20)16-30-19-6-4-18(28)5-7-19;/h3,8,15,18-19,30H,4-7,9-14,16,28-29H2,1-2H3,(H,31,32,37,38);1H/t18-,19-;. The third-order valence-corrected chi connectivity index (χ3v) is 7.39. The summed E-state index contributed by atoms with van der Waals surface area (Å²) in [6.07, 6.45) is 4.26. The number of nitrogens with one attached hydrogen (secondary N) is 2. The molecule has 1 aliphatic carbocycles. The molecule has 0 aromatic heterocycles. The predicted octanol–water partition coefficient (Wildman–Crippen LogP) is 1.93. The van der Waals surface area contributed by atoms with Gasteiger partial charge < -0.3 is 26.6 Å². The SMILES string of the molecule is CC(C)(N)C(=O)N1CCN(C(=O)NC2=NC(=O)N(c3ccc(CN[C@H]4CC[C@H](N)CC4)c(F)c3)CC2)CC1.Cl. The van der Waals surface area contributed by atoms with Crippen LogP contribution in [0.15, 0.2) is 23.2 Å². The zero-order valence-electron chi connectivity index (χ0n) is 22.6. The summed E-state index contributed by atoms with van der Waals surface area (Å²) in [5, 5.41) is 6.11. The highest BCUT2D eigenvalue weighted by Gasteiger charge is 2.32. The van der Waals surface area contributed by atoms with Crippen LogP contribution in [-0.2, 0) is 11.3 Å². The highest BCUT2D eigenvalue weighted by molar-refractivity contribution is 6.08. The molecule has 0 bridgehead atoms. The molecule has 5 amide bonds. The van der Waals surface area contributed by atoms with Gasteiger partial charge in [-0.3, -0.25) is 15.0 Å². The first-order valence-electron chi connectivity index (χ1n) is 13.3. The summed E-state index contributed by atoms with van der Waals surface area (Å²) in [4.78, 5) is 46.4. The fraction of sp³-hybridized carbons (Fsp3) is 0.615. The number of halogens is 2. The fourth-order valence-corrected chi connectivity index (χ4v) is 5.02. The van der Waals surface area contributed by atoms with Crippen LogP contribution in [-0.4, -0.2) is 84.0 Å². The summed E-state index contributed by atoms with van der Waals surface area (Å²) in [5.41, 5.74) is 11.9. The number of nitrogens with zero attached hydrogens (tertiary/aromatic N) is 4. The van der Waals surface area contributed by atoms with Crippen molar-refractivity contribution in [2.75, 3.05) is 37.6 Å². The molecule has 0 unspecified atom stereocenters. The van der Waals surface area contributed by atoms with E-state index in [2.05, 4.69) is 15.6 Å². The number of anilines is 1. The molecule has 216 valence electrons. The Bertz CT molecular complexity index is 1080. The minimum atomic E-state index is -0.961. The Labute approximate surface area is 234 Å². The van der Waals surface area contributed by atoms with E-state index >= 15 is 0 Å². The lowest BCUT2D eigenvalue weighted by atomic mass is 9.92. The van der Waals surface area contributed by atoms with Crippen LogP contribution in [0.2, 0.25) is 0 Å². The van der Waals surface area contributed by atoms with Gasteiger partial charge in [-0.1, -0.05) is 6.07 Å². The number of hydrogen-bond acceptors (Lipinski definition) is 6. The number of piperazine rings is 1. The Morgan fingerprint density at radius 1 is 1.08 bits per heavy atom. The molecule has 0 spiro atoms. The quantitative estimate of drug-likeness (QED) is 0.428. The van der Waals surface area contributed by atoms with Crippen molar-refractivity contribution in [3.05, 3.63) is 29.6 Å². The van der Waals surface area contributed by atoms with Gasteiger partial charge in [0.05, 0.1) is 5.54 Å². The lowest BCUT2D eigenvalue weighted by Gasteiger charge is -2.37. The molecule has 1 saturated carbocycles. The second-order valence-corrected chi connectivity index (χ2v) is 10.9. The number of amides is 5. The molecular weight excluding hydrogens is 527 g/mol. The van der Waals surface area contributed by atoms with Gasteiger partial charge in [0.1, 0.15) is 11.7 Å². The van der Waals surface area contributed by atoms with Crippen LogP contribution in [0.1, 0.15) is 51.5 Å². The average molecular weight is 567 g/mol. The van der Waals surface area contributed by atoms with Crippen molar-refractivity contribution in [1.82, 2.24) is 20.4 Å². The van der Waals surface area contributed by atoms with E-state index in [0.717, 1.165) is 25.7 Å². The highest BCUT2D eigenvalue weighted by atomic mass is 35.5. The van der Waals surface area contributed by atoms with Crippen molar-refractivity contribution in [2.24, 2.45) is 16.5 Å². The number of amidine groups is 1. The summed E-state index contributed by atoms with van der Waals surface area (Å²) in [7, 11) is 0. The minimum absolute atomic E-state index is 0. The van der Waals surface area contributed by atoms with Crippen LogP contribution in [0, 0.1) is 5.82 Å². The third-order valence-electron chi connectivity index (χ3n) is 7.39. The Hall–Kier alpha value is -2.80. The molecule has 1 saturated heterocycles. The number of nitrogens with two attached hydrogens (primary N) is 2. The molecule has 11 nitrogen and oxygen atoms in total. The summed E-state index contributed by atoms with van der Waals surface area (Å²) in [6.45, 7) is 5.49. The molecule has 4 rings (SSSR count). The molecule has 1 aromatic rings. The van der Waals surface area contributed by atoms with Gasteiger partial charge in [0, 0.05) is 69.0 Å². The van der Waals surface area contributed by atoms with Crippen molar-refractivity contribution >= 4 is 41.9 Å². The monoisotopic (exact) mass is 566 g/mol. The van der Waals surface area contributed by atoms with Gasteiger partial charge in [0.25, 0.3) is 0 Å². The van der Waals surface area contributed by atoms with E-state index in [0.29, 0.717) is 56.4 Å². The number of hydrogen-bond donors (Lipinski definition) is 4. The lowest BCUT2D eigenvalue weighted by molar-refractivity contribution is -0.137. The number of carbonyl (C=O) groups excluding carboxylic acids is 3. The number of rotatable bonds is 5. The average Bonchev–Trinajstić information content (AvgIpc) is 2.88. The molecule has 0 radical (unpaired) electrons. The van der Waals surface area contributed by atoms with Crippen molar-refractivity contribution in [2.45, 2.75) is 70.1 Å². The first-order chi connectivity index (χ1) is 18.0. The Kier molecular flexibility index (Phi) is 10.3. The second kappa shape index (κ2) is 13.0. The fourth-order valence-electron chi connectivity index (χ4n) is 5.02. The first-order valence-corrected chi connectivity index (χ1v) is 13.3. The number of urea groups is 2. The van der Waals surface area contributed by atoms with E-state index in [1.165, 1.54) is 11.0 Å². The van der Waals surface area contributed by atoms with Crippen molar-refractivity contribution in [3.8, 4) is 0 Å². The van der Waals surface area contributed by atoms with Crippen LogP contribution < -0.4 is 27.0 Å². The summed E-state index contributed by atoms with van der Waals surface area (Å²) < 4.78 is 14.8. The predicted molar refractivity (Wildman–Crippen MR) is 150 cm³/mol. The Morgan fingerprint density at radius 2 is 1.72 bits per heavy atom. The van der Waals surface area contributed by atoms with E-state index in [-0.39, 0.29) is 48.6 Å². The van der Waals surface area contributed by atoms with Crippen molar-refractivity contribution in [1.29, 1.82) is 0 Å². The number of benzene rings is 1. The maximum Gasteiger partial charge on any atom is 0.349 e. The highest BCUT2D eigenvalue weighted by Crippen LogP contribution is 2.23. The summed E-state index contributed by atoms with van der Waals surface area (Å²) >= 11 is 0. The van der Waals surface area contributed by atoms with Crippen molar-refractivity contribution in [3.63, 3.8) is 0 Å². The molecule has 1 aromatic carbocycles. The smallest absolute Gasteiger partial charge is 0.338 e. The van der Waals surface area contributed by atoms with E-state index in [1.807, 2.05) is 0 Å². The van der Waals surface area contributed by atoms with Gasteiger partial charge >= 0.3 is 12.1 Å². The van der Waals surface area contributed by atoms with Crippen LogP contribution >= 0.6 is 12.4 Å². The second-order valence-electron chi connectivity index (χ2n) is 10.9. The van der Waals surface area contributed by atoms with Crippen LogP contribution in [0.3, 0.4) is 0 Å². The maximum atomic E-state index is 14.8. The topological polar surface area (TPSA) is 149 Å². The largest absolute Gasteiger partial charge is 0.349 e. The normalized spacial score (nSPS) is 22.2. The summed E-state index contributed by atoms with van der Waals surface area (Å²) in [5.74, 6) is -0.268. The zero-order valence-corrected chi connectivity index (χ0v) is 23.4. The van der Waals surface area contributed by atoms with Gasteiger partial charge in [0.2, 0.25) is 5.91 Å². The molecule has 13 heteroatoms. The molecular formula is C26H40ClFN8O3. The van der Waals surface area contributed by atoms with E-state index in [1.54, 1.807) is 35.8 Å². The van der Waals surface area contributed by atoms with Crippen LogP contribution in [0.4, 0.5) is 19.7 Å². The maximum absolute atomic E-state index is 14.8. The van der Waals surface area contributed by atoms with Gasteiger partial charge in [-0.2, -0.15) is 4.99 Å². The number of aliphatic imine (C=N–C) groups is 1. The van der Waals surface area contributed by atoms with Gasteiger partial charge in [0.15, 0.2) is 0 Å². The van der Waals surface area contributed by atoms with E-state index < -0.39 is 11.6 Å². The third kappa shape index (κ3) is 7.87. The summed E-state index contributed by atoms with van der Waals surface area (Å²) in [6, 6.07) is 4.44. The Morgan fingerprint density at radius 3 is 2.31 bits per heavy atom. The van der Waals surface area contributed by atoms with E-state index in [9.17, 15) is 18.8 Å². The van der Waals surface area contributed by atoms with Crippen LogP contribution in [0.5, 0.6) is 0 Å². The number of carbonyl (C=O) groups is 3. The molecule has 2 aliphatic heterocycles. The van der Waals surface area contributed by atoms with Gasteiger partial charge in [-0.15, -0.1) is 12.4 Å². The van der Waals surface area contributed by atoms with Crippen molar-refractivity contribution < 1.29 is 18.8 Å². The van der Waals surface area contributed by atoms with E-state index in [4.69, 9.17) is 11.5 Å². The van der Waals surface area contributed by atoms with Gasteiger partial charge in [-0.25, -0.2) is 14.0 Å². The molecule has 0 atom stereocenters. The molecule has 39 heavy (non-hydrogen) atoms. The van der Waals surface area contributed by atoms with Crippen LogP contribution in [0.25, 0.3) is 0 Å². The Balaban J connectivity index is 0.00000420. The molecule has 2 heterocycles. The van der Waals surface area contributed by atoms with Gasteiger partial charge in [-0.05, 0) is 51.7 Å². The molecule has 2 fully saturated rings. The molecule has 3 aliphatic rings. The zero-order chi connectivity index (χ0) is 27.4. The first kappa shape index (κ1) is 30.7. The molecule has 6 N–H and O–H groups in total.